The first-order valence-corrected chi connectivity index (χ1v) is 8.56. The van der Waals surface area contributed by atoms with Gasteiger partial charge in [0, 0.05) is 30.7 Å². The van der Waals surface area contributed by atoms with E-state index >= 15 is 0 Å². The summed E-state index contributed by atoms with van der Waals surface area (Å²) in [6.07, 6.45) is 1.69. The van der Waals surface area contributed by atoms with Crippen LogP contribution in [0.15, 0.2) is 30.5 Å². The molecule has 1 aromatic carbocycles. The molecule has 1 saturated heterocycles. The Balaban J connectivity index is 0.00000208. The van der Waals surface area contributed by atoms with E-state index in [-0.39, 0.29) is 24.4 Å². The Hall–Kier alpha value is -1.63. The number of amides is 1. The Morgan fingerprint density at radius 3 is 2.71 bits per heavy atom. The first-order valence-electron chi connectivity index (χ1n) is 7.74. The first-order chi connectivity index (χ1) is 11.1. The number of thiazole rings is 1. The lowest BCUT2D eigenvalue weighted by Crippen LogP contribution is -2.57. The second kappa shape index (κ2) is 7.96. The molecule has 1 N–H and O–H groups in total. The van der Waals surface area contributed by atoms with Gasteiger partial charge in [-0.1, -0.05) is 0 Å². The summed E-state index contributed by atoms with van der Waals surface area (Å²) in [5.74, 6) is 0.883. The number of methoxy groups -OCH3 is 1. The van der Waals surface area contributed by atoms with Crippen LogP contribution in [0.1, 0.15) is 23.5 Å². The highest BCUT2D eigenvalue weighted by Crippen LogP contribution is 2.28. The molecule has 2 heterocycles. The van der Waals surface area contributed by atoms with Gasteiger partial charge in [-0.3, -0.25) is 4.79 Å². The highest BCUT2D eigenvalue weighted by atomic mass is 35.5. The van der Waals surface area contributed by atoms with Crippen molar-refractivity contribution in [3.8, 4) is 16.3 Å². The predicted molar refractivity (Wildman–Crippen MR) is 99.3 cm³/mol. The number of nitrogens with zero attached hydrogens (tertiary/aromatic N) is 2. The summed E-state index contributed by atoms with van der Waals surface area (Å²) in [5.41, 5.74) is 0.997. The van der Waals surface area contributed by atoms with Gasteiger partial charge < -0.3 is 15.0 Å². The van der Waals surface area contributed by atoms with Gasteiger partial charge in [-0.05, 0) is 38.1 Å². The zero-order valence-corrected chi connectivity index (χ0v) is 15.6. The maximum Gasteiger partial charge on any atom is 0.265 e. The molecule has 0 spiro atoms. The predicted octanol–water partition coefficient (Wildman–Crippen LogP) is 3.06. The third kappa shape index (κ3) is 3.71. The maximum atomic E-state index is 12.7. The number of carbonyl (C=O) groups excluding carboxylic acids is 1. The lowest BCUT2D eigenvalue weighted by Gasteiger charge is -2.38. The standard InChI is InChI=1S/C17H21N3O2S.ClH/c1-11-12(2)20(9-8-18-11)17(21)15-10-19-16(23-15)13-4-6-14(22-3)7-5-13;/h4-7,10-12,18H,8-9H2,1-3H3;1H. The van der Waals surface area contributed by atoms with E-state index in [4.69, 9.17) is 4.74 Å². The number of aromatic nitrogens is 1. The number of benzene rings is 1. The Morgan fingerprint density at radius 2 is 2.04 bits per heavy atom. The molecule has 0 bridgehead atoms. The molecule has 1 amide bonds. The average molecular weight is 368 g/mol. The van der Waals surface area contributed by atoms with E-state index in [1.165, 1.54) is 11.3 Å². The molecule has 1 aliphatic rings. The number of ether oxygens (including phenoxy) is 1. The molecule has 0 saturated carbocycles. The molecule has 1 aliphatic heterocycles. The van der Waals surface area contributed by atoms with Crippen molar-refractivity contribution in [3.05, 3.63) is 35.3 Å². The van der Waals surface area contributed by atoms with E-state index in [0.29, 0.717) is 10.9 Å². The lowest BCUT2D eigenvalue weighted by atomic mass is 10.1. The van der Waals surface area contributed by atoms with E-state index in [1.54, 1.807) is 13.3 Å². The summed E-state index contributed by atoms with van der Waals surface area (Å²) in [7, 11) is 1.64. The average Bonchev–Trinajstić information content (AvgIpc) is 3.07. The molecular weight excluding hydrogens is 346 g/mol. The lowest BCUT2D eigenvalue weighted by molar-refractivity contribution is 0.0607. The number of hydrogen-bond donors (Lipinski definition) is 1. The van der Waals surface area contributed by atoms with Crippen LogP contribution < -0.4 is 10.1 Å². The van der Waals surface area contributed by atoms with Gasteiger partial charge in [0.1, 0.15) is 15.6 Å². The zero-order valence-electron chi connectivity index (χ0n) is 14.0. The van der Waals surface area contributed by atoms with E-state index in [1.807, 2.05) is 29.2 Å². The van der Waals surface area contributed by atoms with Gasteiger partial charge in [-0.25, -0.2) is 4.98 Å². The third-order valence-corrected chi connectivity index (χ3v) is 5.38. The molecule has 7 heteroatoms. The number of halogens is 1. The van der Waals surface area contributed by atoms with Crippen LogP contribution in [-0.4, -0.2) is 48.1 Å². The minimum atomic E-state index is 0. The van der Waals surface area contributed by atoms with E-state index < -0.39 is 0 Å². The smallest absolute Gasteiger partial charge is 0.265 e. The van der Waals surface area contributed by atoms with Crippen LogP contribution in [0.25, 0.3) is 10.6 Å². The van der Waals surface area contributed by atoms with Gasteiger partial charge in [-0.15, -0.1) is 23.7 Å². The Morgan fingerprint density at radius 1 is 1.33 bits per heavy atom. The van der Waals surface area contributed by atoms with Crippen LogP contribution in [0.3, 0.4) is 0 Å². The monoisotopic (exact) mass is 367 g/mol. The highest BCUT2D eigenvalue weighted by Gasteiger charge is 2.29. The minimum Gasteiger partial charge on any atom is -0.497 e. The Labute approximate surface area is 152 Å². The highest BCUT2D eigenvalue weighted by molar-refractivity contribution is 7.16. The second-order valence-electron chi connectivity index (χ2n) is 5.74. The van der Waals surface area contributed by atoms with Gasteiger partial charge in [0.25, 0.3) is 5.91 Å². The fourth-order valence-electron chi connectivity index (χ4n) is 2.72. The van der Waals surface area contributed by atoms with Crippen LogP contribution in [-0.2, 0) is 0 Å². The first kappa shape index (κ1) is 18.7. The van der Waals surface area contributed by atoms with Gasteiger partial charge in [-0.2, -0.15) is 0 Å². The molecule has 130 valence electrons. The quantitative estimate of drug-likeness (QED) is 0.905. The van der Waals surface area contributed by atoms with Crippen molar-refractivity contribution in [2.45, 2.75) is 25.9 Å². The number of hydrogen-bond acceptors (Lipinski definition) is 5. The molecule has 24 heavy (non-hydrogen) atoms. The molecule has 3 rings (SSSR count). The zero-order chi connectivity index (χ0) is 16.4. The van der Waals surface area contributed by atoms with Crippen LogP contribution in [0, 0.1) is 0 Å². The largest absolute Gasteiger partial charge is 0.497 e. The molecule has 0 aliphatic carbocycles. The summed E-state index contributed by atoms with van der Waals surface area (Å²) in [4.78, 5) is 19.8. The van der Waals surface area contributed by atoms with E-state index in [9.17, 15) is 4.79 Å². The van der Waals surface area contributed by atoms with Crippen molar-refractivity contribution < 1.29 is 9.53 Å². The van der Waals surface area contributed by atoms with Crippen LogP contribution >= 0.6 is 23.7 Å². The summed E-state index contributed by atoms with van der Waals surface area (Å²) >= 11 is 1.44. The Kier molecular flexibility index (Phi) is 6.21. The van der Waals surface area contributed by atoms with Gasteiger partial charge in [0.15, 0.2) is 0 Å². The Bertz CT molecular complexity index is 689. The summed E-state index contributed by atoms with van der Waals surface area (Å²) < 4.78 is 5.17. The molecule has 2 unspecified atom stereocenters. The number of carbonyl (C=O) groups is 1. The fraction of sp³-hybridized carbons (Fsp3) is 0.412. The van der Waals surface area contributed by atoms with Crippen molar-refractivity contribution in [3.63, 3.8) is 0 Å². The van der Waals surface area contributed by atoms with Gasteiger partial charge >= 0.3 is 0 Å². The van der Waals surface area contributed by atoms with Gasteiger partial charge in [0.05, 0.1) is 13.3 Å². The van der Waals surface area contributed by atoms with Gasteiger partial charge in [0.2, 0.25) is 0 Å². The second-order valence-corrected chi connectivity index (χ2v) is 6.77. The minimum absolute atomic E-state index is 0. The van der Waals surface area contributed by atoms with Crippen molar-refractivity contribution in [2.24, 2.45) is 0 Å². The number of rotatable bonds is 3. The van der Waals surface area contributed by atoms with Crippen molar-refractivity contribution in [1.82, 2.24) is 15.2 Å². The van der Waals surface area contributed by atoms with Crippen molar-refractivity contribution >= 4 is 29.7 Å². The maximum absolute atomic E-state index is 12.7. The molecule has 1 fully saturated rings. The van der Waals surface area contributed by atoms with Crippen molar-refractivity contribution in [1.29, 1.82) is 0 Å². The number of piperazine rings is 1. The van der Waals surface area contributed by atoms with E-state index in [2.05, 4.69) is 24.1 Å². The summed E-state index contributed by atoms with van der Waals surface area (Å²) in [6.45, 7) is 5.77. The van der Waals surface area contributed by atoms with Crippen molar-refractivity contribution in [2.75, 3.05) is 20.2 Å². The summed E-state index contributed by atoms with van der Waals surface area (Å²) in [6, 6.07) is 8.21. The van der Waals surface area contributed by atoms with E-state index in [0.717, 1.165) is 29.4 Å². The molecule has 0 radical (unpaired) electrons. The molecule has 2 atom stereocenters. The molecular formula is C17H22ClN3O2S. The van der Waals surface area contributed by atoms with Crippen LogP contribution in [0.4, 0.5) is 0 Å². The molecule has 5 nitrogen and oxygen atoms in total. The van der Waals surface area contributed by atoms with Crippen LogP contribution in [0.2, 0.25) is 0 Å². The fourth-order valence-corrected chi connectivity index (χ4v) is 3.60. The molecule has 2 aromatic rings. The third-order valence-electron chi connectivity index (χ3n) is 4.35. The topological polar surface area (TPSA) is 54.5 Å². The SMILES string of the molecule is COc1ccc(-c2ncc(C(=O)N3CCNC(C)C3C)s2)cc1.Cl. The normalized spacial score (nSPS) is 20.4. The molecule has 1 aromatic heterocycles. The van der Waals surface area contributed by atoms with Crippen LogP contribution in [0.5, 0.6) is 5.75 Å². The summed E-state index contributed by atoms with van der Waals surface area (Å²) in [5, 5.41) is 4.25. The number of nitrogens with one attached hydrogen (secondary N) is 1.